The number of nitrogens with zero attached hydrogens (tertiary/aromatic N) is 3. The number of nitrogens with one attached hydrogen (secondary N) is 1. The lowest BCUT2D eigenvalue weighted by molar-refractivity contribution is -0.384. The van der Waals surface area contributed by atoms with Gasteiger partial charge in [0, 0.05) is 41.0 Å². The molecule has 0 bridgehead atoms. The van der Waals surface area contributed by atoms with Gasteiger partial charge in [-0.25, -0.2) is 4.98 Å². The fraction of sp³-hybridized carbons (Fsp3) is 0.167. The van der Waals surface area contributed by atoms with Gasteiger partial charge in [0.2, 0.25) is 5.89 Å². The average molecular weight is 463 g/mol. The summed E-state index contributed by atoms with van der Waals surface area (Å²) in [6.45, 7) is 1.56. The third kappa shape index (κ3) is 4.25. The fourth-order valence-corrected chi connectivity index (χ4v) is 4.16. The van der Waals surface area contributed by atoms with Gasteiger partial charge in [-0.3, -0.25) is 14.9 Å². The van der Waals surface area contributed by atoms with Gasteiger partial charge in [0.25, 0.3) is 11.6 Å². The van der Waals surface area contributed by atoms with Crippen molar-refractivity contribution in [3.8, 4) is 11.5 Å². The molecule has 2 heterocycles. The average Bonchev–Trinajstić information content (AvgIpc) is 3.48. The number of carbonyl (C=O) groups excluding carboxylic acids is 1. The lowest BCUT2D eigenvalue weighted by Crippen LogP contribution is -2.19. The molecule has 166 valence electrons. The highest BCUT2D eigenvalue weighted by Crippen LogP contribution is 2.32. The first-order valence-electron chi connectivity index (χ1n) is 10.5. The minimum absolute atomic E-state index is 0.0663. The largest absolute Gasteiger partial charge is 0.436 e. The number of amides is 1. The van der Waals surface area contributed by atoms with E-state index in [-0.39, 0.29) is 11.3 Å². The molecule has 1 aliphatic heterocycles. The van der Waals surface area contributed by atoms with Crippen molar-refractivity contribution in [3.63, 3.8) is 0 Å². The van der Waals surface area contributed by atoms with Crippen LogP contribution in [0.2, 0.25) is 5.02 Å². The van der Waals surface area contributed by atoms with E-state index in [0.29, 0.717) is 39.0 Å². The Kier molecular flexibility index (Phi) is 5.43. The molecule has 1 aliphatic rings. The Morgan fingerprint density at radius 2 is 1.91 bits per heavy atom. The van der Waals surface area contributed by atoms with Gasteiger partial charge in [-0.2, -0.15) is 0 Å². The summed E-state index contributed by atoms with van der Waals surface area (Å²) in [5.74, 6) is -0.0402. The molecule has 0 unspecified atom stereocenters. The highest BCUT2D eigenvalue weighted by Gasteiger charge is 2.24. The molecule has 1 fully saturated rings. The minimum Gasteiger partial charge on any atom is -0.436 e. The molecule has 9 heteroatoms. The Labute approximate surface area is 193 Å². The highest BCUT2D eigenvalue weighted by atomic mass is 35.5. The fourth-order valence-electron chi connectivity index (χ4n) is 3.99. The first kappa shape index (κ1) is 21.0. The van der Waals surface area contributed by atoms with E-state index in [1.54, 1.807) is 48.5 Å². The summed E-state index contributed by atoms with van der Waals surface area (Å²) >= 11 is 6.02. The van der Waals surface area contributed by atoms with E-state index < -0.39 is 10.8 Å². The van der Waals surface area contributed by atoms with E-state index in [2.05, 4.69) is 10.3 Å². The van der Waals surface area contributed by atoms with Crippen LogP contribution < -0.4 is 10.2 Å². The lowest BCUT2D eigenvalue weighted by atomic mass is 10.1. The molecular formula is C24H19ClN4O4. The monoisotopic (exact) mass is 462 g/mol. The third-order valence-corrected chi connectivity index (χ3v) is 5.83. The number of benzene rings is 3. The Morgan fingerprint density at radius 1 is 1.09 bits per heavy atom. The number of rotatable bonds is 5. The minimum atomic E-state index is -0.440. The number of hydrogen-bond donors (Lipinski definition) is 1. The zero-order valence-corrected chi connectivity index (χ0v) is 18.2. The topological polar surface area (TPSA) is 102 Å². The summed E-state index contributed by atoms with van der Waals surface area (Å²) < 4.78 is 5.80. The summed E-state index contributed by atoms with van der Waals surface area (Å²) in [4.78, 5) is 30.5. The van der Waals surface area contributed by atoms with Crippen LogP contribution in [-0.4, -0.2) is 28.9 Å². The van der Waals surface area contributed by atoms with E-state index in [9.17, 15) is 14.9 Å². The third-order valence-electron chi connectivity index (χ3n) is 5.60. The van der Waals surface area contributed by atoms with E-state index in [1.807, 2.05) is 11.0 Å². The van der Waals surface area contributed by atoms with Gasteiger partial charge >= 0.3 is 0 Å². The zero-order chi connectivity index (χ0) is 22.9. The van der Waals surface area contributed by atoms with Crippen LogP contribution in [0, 0.1) is 10.1 Å². The number of hydrogen-bond acceptors (Lipinski definition) is 6. The number of aromatic nitrogens is 1. The van der Waals surface area contributed by atoms with Crippen molar-refractivity contribution in [2.24, 2.45) is 0 Å². The number of oxazole rings is 1. The van der Waals surface area contributed by atoms with Crippen LogP contribution in [0.4, 0.5) is 17.1 Å². The van der Waals surface area contributed by atoms with Crippen LogP contribution in [0.5, 0.6) is 0 Å². The van der Waals surface area contributed by atoms with Crippen molar-refractivity contribution < 1.29 is 14.1 Å². The van der Waals surface area contributed by atoms with Crippen molar-refractivity contribution >= 4 is 45.7 Å². The van der Waals surface area contributed by atoms with Gasteiger partial charge in [0.05, 0.1) is 4.92 Å². The number of anilines is 2. The predicted octanol–water partition coefficient (Wildman–Crippen LogP) is 5.91. The first-order valence-corrected chi connectivity index (χ1v) is 10.9. The lowest BCUT2D eigenvalue weighted by Gasteiger charge is -2.17. The van der Waals surface area contributed by atoms with Crippen LogP contribution in [0.15, 0.2) is 65.1 Å². The molecule has 0 aliphatic carbocycles. The molecule has 0 radical (unpaired) electrons. The number of nitro benzene ring substituents is 1. The molecule has 0 atom stereocenters. The molecule has 1 saturated heterocycles. The second-order valence-electron chi connectivity index (χ2n) is 7.82. The maximum absolute atomic E-state index is 12.8. The number of halogens is 1. The van der Waals surface area contributed by atoms with Crippen LogP contribution in [0.3, 0.4) is 0 Å². The Bertz CT molecular complexity index is 1380. The zero-order valence-electron chi connectivity index (χ0n) is 17.5. The molecule has 4 aromatic rings. The molecule has 1 N–H and O–H groups in total. The van der Waals surface area contributed by atoms with Gasteiger partial charge in [0.1, 0.15) is 11.2 Å². The Balaban J connectivity index is 1.39. The van der Waals surface area contributed by atoms with Crippen molar-refractivity contribution in [2.45, 2.75) is 12.8 Å². The van der Waals surface area contributed by atoms with Crippen LogP contribution in [0.1, 0.15) is 23.2 Å². The first-order chi connectivity index (χ1) is 16.0. The maximum Gasteiger partial charge on any atom is 0.293 e. The van der Waals surface area contributed by atoms with Crippen molar-refractivity contribution in [3.05, 3.63) is 81.4 Å². The van der Waals surface area contributed by atoms with Crippen LogP contribution in [0.25, 0.3) is 22.6 Å². The maximum atomic E-state index is 12.8. The van der Waals surface area contributed by atoms with Gasteiger partial charge in [-0.05, 0) is 61.4 Å². The second-order valence-corrected chi connectivity index (χ2v) is 8.26. The molecule has 33 heavy (non-hydrogen) atoms. The van der Waals surface area contributed by atoms with Crippen LogP contribution in [-0.2, 0) is 0 Å². The summed E-state index contributed by atoms with van der Waals surface area (Å²) in [5.41, 5.74) is 3.13. The number of carbonyl (C=O) groups is 1. The molecule has 0 saturated carbocycles. The van der Waals surface area contributed by atoms with Crippen LogP contribution >= 0.6 is 11.6 Å². The molecule has 3 aromatic carbocycles. The number of nitro groups is 1. The Hall–Kier alpha value is -3.91. The summed E-state index contributed by atoms with van der Waals surface area (Å²) in [6, 6.07) is 16.8. The molecular weight excluding hydrogens is 444 g/mol. The van der Waals surface area contributed by atoms with E-state index in [4.69, 9.17) is 16.0 Å². The standard InChI is InChI=1S/C24H19ClN4O4/c25-17-7-9-22-19(14-17)27-24(33-22)16-4-3-5-18(12-16)26-23(30)15-6-8-20(21(13-15)29(31)32)28-10-1-2-11-28/h3-9,12-14H,1-2,10-11H2,(H,26,30). The normalized spacial score (nSPS) is 13.4. The summed E-state index contributed by atoms with van der Waals surface area (Å²) in [7, 11) is 0. The SMILES string of the molecule is O=C(Nc1cccc(-c2nc3cc(Cl)ccc3o2)c1)c1ccc(N2CCCC2)c([N+](=O)[O-])c1. The number of fused-ring (bicyclic) bond motifs is 1. The molecule has 1 amide bonds. The van der Waals surface area contributed by atoms with Crippen molar-refractivity contribution in [2.75, 3.05) is 23.3 Å². The summed E-state index contributed by atoms with van der Waals surface area (Å²) in [6.07, 6.45) is 2.01. The van der Waals surface area contributed by atoms with Gasteiger partial charge < -0.3 is 14.6 Å². The molecule has 5 rings (SSSR count). The van der Waals surface area contributed by atoms with Gasteiger partial charge in [-0.15, -0.1) is 0 Å². The molecule has 8 nitrogen and oxygen atoms in total. The van der Waals surface area contributed by atoms with E-state index >= 15 is 0 Å². The second kappa shape index (κ2) is 8.55. The predicted molar refractivity (Wildman–Crippen MR) is 127 cm³/mol. The Morgan fingerprint density at radius 3 is 2.70 bits per heavy atom. The van der Waals surface area contributed by atoms with Gasteiger partial charge in [-0.1, -0.05) is 17.7 Å². The van der Waals surface area contributed by atoms with Gasteiger partial charge in [0.15, 0.2) is 5.58 Å². The van der Waals surface area contributed by atoms with E-state index in [0.717, 1.165) is 25.9 Å². The quantitative estimate of drug-likeness (QED) is 0.292. The highest BCUT2D eigenvalue weighted by molar-refractivity contribution is 6.31. The molecule has 0 spiro atoms. The van der Waals surface area contributed by atoms with E-state index in [1.165, 1.54) is 6.07 Å². The summed E-state index contributed by atoms with van der Waals surface area (Å²) in [5, 5.41) is 15.0. The molecule has 1 aromatic heterocycles. The van der Waals surface area contributed by atoms with Crippen molar-refractivity contribution in [1.29, 1.82) is 0 Å². The smallest absolute Gasteiger partial charge is 0.293 e. The van der Waals surface area contributed by atoms with Crippen molar-refractivity contribution in [1.82, 2.24) is 4.98 Å².